The first-order valence-electron chi connectivity index (χ1n) is 7.52. The first-order chi connectivity index (χ1) is 10.9. The zero-order chi connectivity index (χ0) is 18.5. The third-order valence-corrected chi connectivity index (χ3v) is 4.84. The van der Waals surface area contributed by atoms with Gasteiger partial charge in [-0.25, -0.2) is 13.1 Å². The molecular formula is C16H24N2O5S. The summed E-state index contributed by atoms with van der Waals surface area (Å²) in [5.74, 6) is -1.46. The second-order valence-electron chi connectivity index (χ2n) is 6.46. The highest BCUT2D eigenvalue weighted by Gasteiger charge is 2.19. The molecule has 0 saturated carbocycles. The van der Waals surface area contributed by atoms with Gasteiger partial charge >= 0.3 is 5.97 Å². The van der Waals surface area contributed by atoms with Gasteiger partial charge in [-0.3, -0.25) is 9.59 Å². The van der Waals surface area contributed by atoms with Gasteiger partial charge in [-0.1, -0.05) is 32.9 Å². The Bertz CT molecular complexity index is 690. The fourth-order valence-corrected chi connectivity index (χ4v) is 2.85. The molecule has 0 aliphatic heterocycles. The molecule has 1 amide bonds. The molecule has 0 aliphatic rings. The van der Waals surface area contributed by atoms with E-state index < -0.39 is 28.0 Å². The Kier molecular flexibility index (Phi) is 6.50. The number of benzene rings is 1. The largest absolute Gasteiger partial charge is 0.453 e. The van der Waals surface area contributed by atoms with Crippen LogP contribution in [0.2, 0.25) is 0 Å². The van der Waals surface area contributed by atoms with Crippen LogP contribution in [-0.4, -0.2) is 32.9 Å². The fourth-order valence-electron chi connectivity index (χ4n) is 1.82. The number of amides is 1. The van der Waals surface area contributed by atoms with Crippen molar-refractivity contribution in [1.82, 2.24) is 4.72 Å². The van der Waals surface area contributed by atoms with E-state index in [1.165, 1.54) is 19.1 Å². The highest BCUT2D eigenvalue weighted by atomic mass is 32.2. The summed E-state index contributed by atoms with van der Waals surface area (Å²) in [6.07, 6.45) is -1.24. The third kappa shape index (κ3) is 5.93. The molecule has 0 saturated heterocycles. The van der Waals surface area contributed by atoms with E-state index in [9.17, 15) is 18.0 Å². The van der Waals surface area contributed by atoms with Crippen molar-refractivity contribution in [2.75, 3.05) is 6.54 Å². The Labute approximate surface area is 142 Å². The van der Waals surface area contributed by atoms with Crippen LogP contribution in [0.4, 0.5) is 0 Å². The van der Waals surface area contributed by atoms with Gasteiger partial charge < -0.3 is 10.5 Å². The molecule has 134 valence electrons. The van der Waals surface area contributed by atoms with Gasteiger partial charge in [-0.05, 0) is 30.0 Å². The molecule has 24 heavy (non-hydrogen) atoms. The molecule has 0 spiro atoms. The van der Waals surface area contributed by atoms with E-state index >= 15 is 0 Å². The lowest BCUT2D eigenvalue weighted by Crippen LogP contribution is -2.32. The quantitative estimate of drug-likeness (QED) is 0.709. The molecule has 0 aliphatic carbocycles. The number of hydrogen-bond acceptors (Lipinski definition) is 5. The smallest absolute Gasteiger partial charge is 0.307 e. The van der Waals surface area contributed by atoms with Crippen molar-refractivity contribution in [3.63, 3.8) is 0 Å². The topological polar surface area (TPSA) is 116 Å². The Balaban J connectivity index is 2.61. The van der Waals surface area contributed by atoms with Crippen molar-refractivity contribution < 1.29 is 22.7 Å². The highest BCUT2D eigenvalue weighted by Crippen LogP contribution is 2.23. The molecule has 0 bridgehead atoms. The van der Waals surface area contributed by atoms with Gasteiger partial charge in [0.15, 0.2) is 6.10 Å². The molecule has 3 N–H and O–H groups in total. The van der Waals surface area contributed by atoms with Crippen molar-refractivity contribution in [2.45, 2.75) is 50.5 Å². The van der Waals surface area contributed by atoms with Gasteiger partial charge in [0.2, 0.25) is 10.0 Å². The molecule has 0 radical (unpaired) electrons. The number of nitrogens with one attached hydrogen (secondary N) is 1. The Morgan fingerprint density at radius 2 is 1.75 bits per heavy atom. The van der Waals surface area contributed by atoms with Gasteiger partial charge in [0.05, 0.1) is 11.3 Å². The van der Waals surface area contributed by atoms with Crippen LogP contribution in [0.25, 0.3) is 0 Å². The average molecular weight is 356 g/mol. The minimum absolute atomic E-state index is 0.0728. The Hall–Kier alpha value is -1.93. The molecule has 7 nitrogen and oxygen atoms in total. The maximum atomic E-state index is 12.2. The highest BCUT2D eigenvalue weighted by molar-refractivity contribution is 7.89. The van der Waals surface area contributed by atoms with E-state index in [2.05, 4.69) is 4.72 Å². The zero-order valence-electron chi connectivity index (χ0n) is 14.3. The number of ether oxygens (including phenoxy) is 1. The van der Waals surface area contributed by atoms with Crippen molar-refractivity contribution in [2.24, 2.45) is 5.73 Å². The lowest BCUT2D eigenvalue weighted by atomic mass is 9.87. The van der Waals surface area contributed by atoms with Crippen molar-refractivity contribution in [1.29, 1.82) is 0 Å². The van der Waals surface area contributed by atoms with Gasteiger partial charge in [0.25, 0.3) is 5.91 Å². The fraction of sp³-hybridized carbons (Fsp3) is 0.500. The molecule has 1 aromatic rings. The summed E-state index contributed by atoms with van der Waals surface area (Å²) < 4.78 is 31.4. The number of rotatable bonds is 7. The van der Waals surface area contributed by atoms with Crippen molar-refractivity contribution in [3.05, 3.63) is 29.8 Å². The van der Waals surface area contributed by atoms with Crippen LogP contribution in [0.3, 0.4) is 0 Å². The van der Waals surface area contributed by atoms with E-state index in [1.807, 2.05) is 20.8 Å². The number of hydrogen-bond donors (Lipinski definition) is 2. The van der Waals surface area contributed by atoms with Crippen LogP contribution in [-0.2, 0) is 29.8 Å². The number of carbonyl (C=O) groups is 2. The molecule has 0 heterocycles. The summed E-state index contributed by atoms with van der Waals surface area (Å²) in [6.45, 7) is 7.32. The first kappa shape index (κ1) is 20.1. The summed E-state index contributed by atoms with van der Waals surface area (Å²) >= 11 is 0. The van der Waals surface area contributed by atoms with Crippen LogP contribution in [0.15, 0.2) is 29.2 Å². The predicted octanol–water partition coefficient (Wildman–Crippen LogP) is 1.07. The molecule has 1 aromatic carbocycles. The van der Waals surface area contributed by atoms with Gasteiger partial charge in [0, 0.05) is 6.54 Å². The van der Waals surface area contributed by atoms with Crippen LogP contribution >= 0.6 is 0 Å². The molecule has 0 fully saturated rings. The second kappa shape index (κ2) is 7.76. The average Bonchev–Trinajstić information content (AvgIpc) is 2.46. The second-order valence-corrected chi connectivity index (χ2v) is 8.22. The Morgan fingerprint density at radius 1 is 1.21 bits per heavy atom. The van der Waals surface area contributed by atoms with E-state index in [0.717, 1.165) is 5.56 Å². The summed E-state index contributed by atoms with van der Waals surface area (Å²) in [4.78, 5) is 22.4. The minimum atomic E-state index is -3.71. The van der Waals surface area contributed by atoms with Crippen molar-refractivity contribution >= 4 is 21.9 Å². The molecule has 0 unspecified atom stereocenters. The number of nitrogens with two attached hydrogens (primary N) is 1. The van der Waals surface area contributed by atoms with Crippen LogP contribution < -0.4 is 10.5 Å². The number of primary amides is 1. The van der Waals surface area contributed by atoms with E-state index in [-0.39, 0.29) is 23.3 Å². The lowest BCUT2D eigenvalue weighted by molar-refractivity contribution is -0.153. The predicted molar refractivity (Wildman–Crippen MR) is 89.7 cm³/mol. The monoisotopic (exact) mass is 356 g/mol. The zero-order valence-corrected chi connectivity index (χ0v) is 15.1. The normalized spacial score (nSPS) is 13.3. The standard InChI is InChI=1S/C16H24N2O5S/c1-11(15(17)20)23-14(19)9-10-18-24(21,22)13-7-5-12(6-8-13)16(2,3)4/h5-8,11,18H,9-10H2,1-4H3,(H2,17,20)/t11-/m0/s1. The summed E-state index contributed by atoms with van der Waals surface area (Å²) in [5, 5.41) is 0. The molecule has 1 atom stereocenters. The van der Waals surface area contributed by atoms with Crippen molar-refractivity contribution in [3.8, 4) is 0 Å². The van der Waals surface area contributed by atoms with E-state index in [4.69, 9.17) is 10.5 Å². The third-order valence-electron chi connectivity index (χ3n) is 3.36. The maximum Gasteiger partial charge on any atom is 0.307 e. The maximum absolute atomic E-state index is 12.2. The van der Waals surface area contributed by atoms with E-state index in [1.54, 1.807) is 12.1 Å². The summed E-state index contributed by atoms with van der Waals surface area (Å²) in [7, 11) is -3.71. The first-order valence-corrected chi connectivity index (χ1v) is 9.01. The van der Waals surface area contributed by atoms with Gasteiger partial charge in [0.1, 0.15) is 0 Å². The van der Waals surface area contributed by atoms with Gasteiger partial charge in [-0.2, -0.15) is 0 Å². The lowest BCUT2D eigenvalue weighted by Gasteiger charge is -2.19. The van der Waals surface area contributed by atoms with Crippen LogP contribution in [0.1, 0.15) is 39.7 Å². The summed E-state index contributed by atoms with van der Waals surface area (Å²) in [5.41, 5.74) is 5.92. The minimum Gasteiger partial charge on any atom is -0.453 e. The number of esters is 1. The molecule has 0 aromatic heterocycles. The number of sulfonamides is 1. The van der Waals surface area contributed by atoms with Gasteiger partial charge in [-0.15, -0.1) is 0 Å². The van der Waals surface area contributed by atoms with Crippen LogP contribution in [0, 0.1) is 0 Å². The SMILES string of the molecule is C[C@H](OC(=O)CCNS(=O)(=O)c1ccc(C(C)(C)C)cc1)C(N)=O. The van der Waals surface area contributed by atoms with E-state index in [0.29, 0.717) is 0 Å². The number of carbonyl (C=O) groups excluding carboxylic acids is 2. The summed E-state index contributed by atoms with van der Waals surface area (Å²) in [6, 6.07) is 6.57. The van der Waals surface area contributed by atoms with Crippen LogP contribution in [0.5, 0.6) is 0 Å². The molecule has 8 heteroatoms. The Morgan fingerprint density at radius 3 is 2.21 bits per heavy atom. The molecule has 1 rings (SSSR count). The molecular weight excluding hydrogens is 332 g/mol.